The molecule has 0 saturated heterocycles. The maximum atomic E-state index is 8.45. The van der Waals surface area contributed by atoms with Crippen LogP contribution in [0, 0.1) is 11.3 Å². The van der Waals surface area contributed by atoms with Gasteiger partial charge in [0.05, 0.1) is 5.69 Å². The summed E-state index contributed by atoms with van der Waals surface area (Å²) in [7, 11) is 0. The molecular formula is C6H6N4. The smallest absolute Gasteiger partial charge is 0.143 e. The van der Waals surface area contributed by atoms with Gasteiger partial charge < -0.3 is 11.5 Å². The molecule has 1 aromatic rings. The summed E-state index contributed by atoms with van der Waals surface area (Å²) in [6.45, 7) is 0. The van der Waals surface area contributed by atoms with Gasteiger partial charge >= 0.3 is 0 Å². The molecule has 1 aromatic heterocycles. The third-order valence-electron chi connectivity index (χ3n) is 1.12. The van der Waals surface area contributed by atoms with Crippen molar-refractivity contribution in [2.24, 2.45) is 0 Å². The standard InChI is InChI=1S/C6H6N4/c7-3-4-5(8)1-2-10-6(4)9/h1-2H,(H4,8,9,10). The quantitative estimate of drug-likeness (QED) is 0.527. The average molecular weight is 134 g/mol. The molecule has 4 heteroatoms. The molecule has 0 bridgehead atoms. The molecule has 0 atom stereocenters. The van der Waals surface area contributed by atoms with E-state index in [1.807, 2.05) is 6.07 Å². The predicted octanol–water partition coefficient (Wildman–Crippen LogP) is 0.118. The summed E-state index contributed by atoms with van der Waals surface area (Å²) >= 11 is 0. The molecule has 0 saturated carbocycles. The van der Waals surface area contributed by atoms with E-state index < -0.39 is 0 Å². The second-order valence-electron chi connectivity index (χ2n) is 1.77. The van der Waals surface area contributed by atoms with Gasteiger partial charge in [0.25, 0.3) is 0 Å². The molecular weight excluding hydrogens is 128 g/mol. The van der Waals surface area contributed by atoms with Gasteiger partial charge in [0, 0.05) is 6.20 Å². The number of hydrogen-bond acceptors (Lipinski definition) is 4. The highest BCUT2D eigenvalue weighted by atomic mass is 14.8. The highest BCUT2D eigenvalue weighted by Gasteiger charge is 2.00. The number of anilines is 2. The van der Waals surface area contributed by atoms with Crippen molar-refractivity contribution in [2.45, 2.75) is 0 Å². The van der Waals surface area contributed by atoms with Crippen molar-refractivity contribution in [3.8, 4) is 6.07 Å². The van der Waals surface area contributed by atoms with Crippen LogP contribution in [0.2, 0.25) is 0 Å². The zero-order chi connectivity index (χ0) is 7.56. The van der Waals surface area contributed by atoms with E-state index in [0.717, 1.165) is 0 Å². The van der Waals surface area contributed by atoms with E-state index in [9.17, 15) is 0 Å². The molecule has 0 fully saturated rings. The van der Waals surface area contributed by atoms with Gasteiger partial charge in [0.15, 0.2) is 0 Å². The number of rotatable bonds is 0. The van der Waals surface area contributed by atoms with Crippen LogP contribution in [-0.4, -0.2) is 4.98 Å². The van der Waals surface area contributed by atoms with Gasteiger partial charge in [0.2, 0.25) is 0 Å². The lowest BCUT2D eigenvalue weighted by atomic mass is 10.2. The number of nitrogens with two attached hydrogens (primary N) is 2. The maximum Gasteiger partial charge on any atom is 0.143 e. The summed E-state index contributed by atoms with van der Waals surface area (Å²) < 4.78 is 0. The first-order valence-electron chi connectivity index (χ1n) is 2.65. The number of hydrogen-bond donors (Lipinski definition) is 2. The molecule has 50 valence electrons. The molecule has 0 spiro atoms. The van der Waals surface area contributed by atoms with E-state index in [2.05, 4.69) is 4.98 Å². The Bertz CT molecular complexity index is 266. The van der Waals surface area contributed by atoms with Crippen LogP contribution in [0.15, 0.2) is 12.3 Å². The largest absolute Gasteiger partial charge is 0.397 e. The minimum absolute atomic E-state index is 0.183. The highest BCUT2D eigenvalue weighted by molar-refractivity contribution is 5.63. The van der Waals surface area contributed by atoms with E-state index in [4.69, 9.17) is 16.7 Å². The molecule has 10 heavy (non-hydrogen) atoms. The number of nitrogen functional groups attached to an aromatic ring is 2. The monoisotopic (exact) mass is 134 g/mol. The molecule has 4 N–H and O–H groups in total. The van der Waals surface area contributed by atoms with Crippen molar-refractivity contribution in [2.75, 3.05) is 11.5 Å². The van der Waals surface area contributed by atoms with Gasteiger partial charge in [-0.05, 0) is 6.07 Å². The molecule has 0 aliphatic heterocycles. The van der Waals surface area contributed by atoms with Crippen LogP contribution < -0.4 is 11.5 Å². The van der Waals surface area contributed by atoms with E-state index >= 15 is 0 Å². The molecule has 1 rings (SSSR count). The minimum atomic E-state index is 0.183. The first kappa shape index (κ1) is 6.36. The fourth-order valence-electron chi connectivity index (χ4n) is 0.615. The van der Waals surface area contributed by atoms with Crippen molar-refractivity contribution in [1.29, 1.82) is 5.26 Å². The Morgan fingerprint density at radius 1 is 1.50 bits per heavy atom. The number of pyridine rings is 1. The Balaban J connectivity index is 3.34. The molecule has 1 heterocycles. The fourth-order valence-corrected chi connectivity index (χ4v) is 0.615. The van der Waals surface area contributed by atoms with Gasteiger partial charge in [-0.15, -0.1) is 0 Å². The van der Waals surface area contributed by atoms with Crippen molar-refractivity contribution in [3.63, 3.8) is 0 Å². The number of aromatic nitrogens is 1. The minimum Gasteiger partial charge on any atom is -0.397 e. The molecule has 0 radical (unpaired) electrons. The Morgan fingerprint density at radius 3 is 2.60 bits per heavy atom. The Kier molecular flexibility index (Phi) is 1.42. The Labute approximate surface area is 58.1 Å². The second kappa shape index (κ2) is 2.23. The van der Waals surface area contributed by atoms with Gasteiger partial charge in [-0.1, -0.05) is 0 Å². The van der Waals surface area contributed by atoms with E-state index in [-0.39, 0.29) is 11.4 Å². The van der Waals surface area contributed by atoms with Gasteiger partial charge in [-0.25, -0.2) is 4.98 Å². The zero-order valence-electron chi connectivity index (χ0n) is 5.20. The summed E-state index contributed by atoms with van der Waals surface area (Å²) in [5.41, 5.74) is 11.3. The van der Waals surface area contributed by atoms with Crippen molar-refractivity contribution >= 4 is 11.5 Å². The number of nitriles is 1. The highest BCUT2D eigenvalue weighted by Crippen LogP contribution is 2.13. The van der Waals surface area contributed by atoms with E-state index in [0.29, 0.717) is 5.69 Å². The molecule has 0 aliphatic rings. The average Bonchev–Trinajstić information content (AvgIpc) is 1.88. The van der Waals surface area contributed by atoms with Crippen LogP contribution in [0.4, 0.5) is 11.5 Å². The van der Waals surface area contributed by atoms with Gasteiger partial charge in [0.1, 0.15) is 17.5 Å². The topological polar surface area (TPSA) is 88.7 Å². The molecule has 0 aromatic carbocycles. The first-order chi connectivity index (χ1) is 4.75. The van der Waals surface area contributed by atoms with Gasteiger partial charge in [-0.2, -0.15) is 5.26 Å². The first-order valence-corrected chi connectivity index (χ1v) is 2.65. The molecule has 0 aliphatic carbocycles. The van der Waals surface area contributed by atoms with Crippen molar-refractivity contribution in [1.82, 2.24) is 4.98 Å². The van der Waals surface area contributed by atoms with Crippen molar-refractivity contribution in [3.05, 3.63) is 17.8 Å². The SMILES string of the molecule is N#Cc1c(N)ccnc1N. The van der Waals surface area contributed by atoms with Crippen LogP contribution in [-0.2, 0) is 0 Å². The van der Waals surface area contributed by atoms with Crippen LogP contribution >= 0.6 is 0 Å². The summed E-state index contributed by atoms with van der Waals surface area (Å²) in [4.78, 5) is 3.69. The van der Waals surface area contributed by atoms with Gasteiger partial charge in [-0.3, -0.25) is 0 Å². The van der Waals surface area contributed by atoms with Crippen LogP contribution in [0.1, 0.15) is 5.56 Å². The van der Waals surface area contributed by atoms with Crippen LogP contribution in [0.25, 0.3) is 0 Å². The third-order valence-corrected chi connectivity index (χ3v) is 1.12. The third kappa shape index (κ3) is 0.845. The lowest BCUT2D eigenvalue weighted by Crippen LogP contribution is -1.98. The fraction of sp³-hybridized carbons (Fsp3) is 0. The Hall–Kier alpha value is -1.76. The summed E-state index contributed by atoms with van der Waals surface area (Å²) in [6, 6.07) is 3.39. The summed E-state index contributed by atoms with van der Waals surface area (Å²) in [5, 5.41) is 8.45. The van der Waals surface area contributed by atoms with E-state index in [1.165, 1.54) is 12.3 Å². The van der Waals surface area contributed by atoms with Crippen LogP contribution in [0.3, 0.4) is 0 Å². The lowest BCUT2D eigenvalue weighted by Gasteiger charge is -1.97. The van der Waals surface area contributed by atoms with E-state index in [1.54, 1.807) is 0 Å². The zero-order valence-corrected chi connectivity index (χ0v) is 5.20. The van der Waals surface area contributed by atoms with Crippen molar-refractivity contribution < 1.29 is 0 Å². The second-order valence-corrected chi connectivity index (χ2v) is 1.77. The Morgan fingerprint density at radius 2 is 2.20 bits per heavy atom. The lowest BCUT2D eigenvalue weighted by molar-refractivity contribution is 1.31. The van der Waals surface area contributed by atoms with Crippen LogP contribution in [0.5, 0.6) is 0 Å². The molecule has 4 nitrogen and oxygen atoms in total. The molecule has 0 unspecified atom stereocenters. The molecule has 0 amide bonds. The predicted molar refractivity (Wildman–Crippen MR) is 37.8 cm³/mol. The summed E-state index contributed by atoms with van der Waals surface area (Å²) in [6.07, 6.45) is 1.46. The maximum absolute atomic E-state index is 8.45. The number of nitrogens with zero attached hydrogens (tertiary/aromatic N) is 2. The summed E-state index contributed by atoms with van der Waals surface area (Å²) in [5.74, 6) is 0.183. The normalized spacial score (nSPS) is 8.70.